The van der Waals surface area contributed by atoms with E-state index in [1.165, 1.54) is 25.7 Å². The van der Waals surface area contributed by atoms with E-state index in [2.05, 4.69) is 11.4 Å². The number of phosphoric ester groups is 1. The molecule has 0 rings (SSSR count). The lowest BCUT2D eigenvalue weighted by Crippen LogP contribution is -2.05. The van der Waals surface area contributed by atoms with Crippen molar-refractivity contribution in [3.05, 3.63) is 0 Å². The molecule has 0 heterocycles. The summed E-state index contributed by atoms with van der Waals surface area (Å²) in [4.78, 5) is 17.1. The molecule has 0 amide bonds. The predicted octanol–water partition coefficient (Wildman–Crippen LogP) is 3.23. The predicted molar refractivity (Wildman–Crippen MR) is 60.6 cm³/mol. The summed E-state index contributed by atoms with van der Waals surface area (Å²) in [5, 5.41) is 0. The van der Waals surface area contributed by atoms with Gasteiger partial charge in [0.15, 0.2) is 0 Å². The fourth-order valence-corrected chi connectivity index (χ4v) is 2.07. The quantitative estimate of drug-likeness (QED) is 0.478. The minimum atomic E-state index is -4.29. The van der Waals surface area contributed by atoms with Gasteiger partial charge in [-0.25, -0.2) is 4.57 Å². The maximum absolute atomic E-state index is 10.5. The Balaban J connectivity index is 3.32. The minimum Gasteiger partial charge on any atom is -0.303 e. The molecule has 0 saturated carbocycles. The van der Waals surface area contributed by atoms with Gasteiger partial charge in [-0.2, -0.15) is 0 Å². The van der Waals surface area contributed by atoms with Crippen molar-refractivity contribution >= 4 is 7.82 Å². The molecule has 0 aromatic carbocycles. The van der Waals surface area contributed by atoms with Gasteiger partial charge in [0.2, 0.25) is 0 Å². The van der Waals surface area contributed by atoms with Crippen LogP contribution in [0.1, 0.15) is 58.8 Å². The maximum atomic E-state index is 10.5. The van der Waals surface area contributed by atoms with Crippen molar-refractivity contribution in [1.82, 2.24) is 0 Å². The van der Waals surface area contributed by atoms with E-state index in [4.69, 9.17) is 9.79 Å². The van der Waals surface area contributed by atoms with Gasteiger partial charge < -0.3 is 9.79 Å². The first-order valence-corrected chi connectivity index (χ1v) is 7.22. The smallest absolute Gasteiger partial charge is 0.303 e. The highest BCUT2D eigenvalue weighted by atomic mass is 31.2. The zero-order chi connectivity index (χ0) is 11.7. The highest BCUT2D eigenvalue weighted by molar-refractivity contribution is 7.46. The van der Waals surface area contributed by atoms with Crippen LogP contribution in [-0.4, -0.2) is 15.9 Å². The Morgan fingerprint density at radius 1 is 1.13 bits per heavy atom. The Labute approximate surface area is 92.3 Å². The summed E-state index contributed by atoms with van der Waals surface area (Å²) in [5.74, 6) is 0. The van der Waals surface area contributed by atoms with Crippen LogP contribution in [0.2, 0.25) is 0 Å². The molecule has 92 valence electrons. The molecule has 0 aromatic rings. The third-order valence-electron chi connectivity index (χ3n) is 2.28. The van der Waals surface area contributed by atoms with Crippen LogP contribution in [0.4, 0.5) is 0 Å². The third kappa shape index (κ3) is 12.0. The lowest BCUT2D eigenvalue weighted by atomic mass is 10.1. The van der Waals surface area contributed by atoms with Gasteiger partial charge in [-0.1, -0.05) is 45.4 Å². The van der Waals surface area contributed by atoms with Crippen LogP contribution in [0.5, 0.6) is 0 Å². The maximum Gasteiger partial charge on any atom is 0.469 e. The highest BCUT2D eigenvalue weighted by Gasteiger charge is 2.18. The molecule has 0 fully saturated rings. The molecule has 4 nitrogen and oxygen atoms in total. The molecule has 0 bridgehead atoms. The topological polar surface area (TPSA) is 66.8 Å². The molecule has 2 N–H and O–H groups in total. The van der Waals surface area contributed by atoms with Crippen LogP contribution in [-0.2, 0) is 9.09 Å². The van der Waals surface area contributed by atoms with Gasteiger partial charge in [0.05, 0.1) is 6.10 Å². The van der Waals surface area contributed by atoms with E-state index in [-0.39, 0.29) is 6.10 Å². The SMILES string of the molecule is CCCCCCCCC(C)OP(=O)(O)O. The summed E-state index contributed by atoms with van der Waals surface area (Å²) in [6, 6.07) is 0. The summed E-state index contributed by atoms with van der Waals surface area (Å²) < 4.78 is 15.0. The molecule has 0 aliphatic rings. The Bertz CT molecular complexity index is 190. The van der Waals surface area contributed by atoms with E-state index >= 15 is 0 Å². The van der Waals surface area contributed by atoms with Crippen molar-refractivity contribution in [1.29, 1.82) is 0 Å². The number of rotatable bonds is 9. The molecular weight excluding hydrogens is 215 g/mol. The van der Waals surface area contributed by atoms with Crippen LogP contribution >= 0.6 is 7.82 Å². The molecule has 0 aromatic heterocycles. The summed E-state index contributed by atoms with van der Waals surface area (Å²) >= 11 is 0. The van der Waals surface area contributed by atoms with Crippen LogP contribution in [0, 0.1) is 0 Å². The third-order valence-corrected chi connectivity index (χ3v) is 2.92. The minimum absolute atomic E-state index is 0.350. The standard InChI is InChI=1S/C10H23O4P/c1-3-4-5-6-7-8-9-10(2)14-15(11,12)13/h10H,3-9H2,1-2H3,(H2,11,12,13). The number of hydrogen-bond donors (Lipinski definition) is 2. The highest BCUT2D eigenvalue weighted by Crippen LogP contribution is 2.38. The molecule has 0 aliphatic carbocycles. The first-order valence-electron chi connectivity index (χ1n) is 5.69. The summed E-state index contributed by atoms with van der Waals surface area (Å²) in [5.41, 5.74) is 0. The molecule has 0 spiro atoms. The Morgan fingerprint density at radius 2 is 1.67 bits per heavy atom. The normalized spacial score (nSPS) is 14.1. The average Bonchev–Trinajstić information content (AvgIpc) is 2.08. The van der Waals surface area contributed by atoms with Crippen LogP contribution in [0.25, 0.3) is 0 Å². The van der Waals surface area contributed by atoms with Crippen LogP contribution in [0.3, 0.4) is 0 Å². The summed E-state index contributed by atoms with van der Waals surface area (Å²) in [7, 11) is -4.29. The Morgan fingerprint density at radius 3 is 2.20 bits per heavy atom. The monoisotopic (exact) mass is 238 g/mol. The fraction of sp³-hybridized carbons (Fsp3) is 1.00. The largest absolute Gasteiger partial charge is 0.469 e. The van der Waals surface area contributed by atoms with Crippen molar-refractivity contribution in [3.63, 3.8) is 0 Å². The zero-order valence-corrected chi connectivity index (χ0v) is 10.6. The number of unbranched alkanes of at least 4 members (excludes halogenated alkanes) is 5. The van der Waals surface area contributed by atoms with E-state index in [0.717, 1.165) is 19.3 Å². The van der Waals surface area contributed by atoms with Gasteiger partial charge in [0.1, 0.15) is 0 Å². The van der Waals surface area contributed by atoms with Crippen molar-refractivity contribution in [2.75, 3.05) is 0 Å². The van der Waals surface area contributed by atoms with Crippen molar-refractivity contribution in [2.24, 2.45) is 0 Å². The first kappa shape index (κ1) is 15.1. The number of phosphoric acid groups is 1. The van der Waals surface area contributed by atoms with Crippen LogP contribution < -0.4 is 0 Å². The molecule has 1 atom stereocenters. The van der Waals surface area contributed by atoms with Crippen LogP contribution in [0.15, 0.2) is 0 Å². The van der Waals surface area contributed by atoms with Gasteiger partial charge in [-0.3, -0.25) is 4.52 Å². The Kier molecular flexibility index (Phi) is 8.34. The average molecular weight is 238 g/mol. The lowest BCUT2D eigenvalue weighted by Gasteiger charge is -2.12. The van der Waals surface area contributed by atoms with Gasteiger partial charge >= 0.3 is 7.82 Å². The van der Waals surface area contributed by atoms with E-state index in [1.54, 1.807) is 6.92 Å². The zero-order valence-electron chi connectivity index (χ0n) is 9.69. The van der Waals surface area contributed by atoms with E-state index in [1.807, 2.05) is 0 Å². The molecule has 1 unspecified atom stereocenters. The molecule has 15 heavy (non-hydrogen) atoms. The van der Waals surface area contributed by atoms with E-state index < -0.39 is 7.82 Å². The van der Waals surface area contributed by atoms with Crippen molar-refractivity contribution in [3.8, 4) is 0 Å². The van der Waals surface area contributed by atoms with Gasteiger partial charge in [0, 0.05) is 0 Å². The molecule has 0 radical (unpaired) electrons. The lowest BCUT2D eigenvalue weighted by molar-refractivity contribution is 0.136. The Hall–Kier alpha value is 0.110. The fourth-order valence-electron chi connectivity index (χ4n) is 1.50. The first-order chi connectivity index (χ1) is 6.95. The van der Waals surface area contributed by atoms with E-state index in [0.29, 0.717) is 0 Å². The summed E-state index contributed by atoms with van der Waals surface area (Å²) in [6.45, 7) is 3.88. The molecule has 0 aliphatic heterocycles. The second-order valence-corrected chi connectivity index (χ2v) is 5.16. The second kappa shape index (κ2) is 8.28. The van der Waals surface area contributed by atoms with Crippen molar-refractivity contribution < 1.29 is 18.9 Å². The van der Waals surface area contributed by atoms with E-state index in [9.17, 15) is 4.57 Å². The molecule has 5 heteroatoms. The molecular formula is C10H23O4P. The van der Waals surface area contributed by atoms with Gasteiger partial charge in [0.25, 0.3) is 0 Å². The van der Waals surface area contributed by atoms with Crippen molar-refractivity contribution in [2.45, 2.75) is 64.9 Å². The molecule has 0 saturated heterocycles. The van der Waals surface area contributed by atoms with Gasteiger partial charge in [-0.05, 0) is 13.3 Å². The summed E-state index contributed by atoms with van der Waals surface area (Å²) in [6.07, 6.45) is 7.43. The van der Waals surface area contributed by atoms with Gasteiger partial charge in [-0.15, -0.1) is 0 Å². The number of hydrogen-bond acceptors (Lipinski definition) is 2. The second-order valence-electron chi connectivity index (χ2n) is 3.96.